The first-order valence-electron chi connectivity index (χ1n) is 7.62. The molecule has 2 saturated heterocycles. The minimum absolute atomic E-state index is 0.0812. The topological polar surface area (TPSA) is 64.0 Å². The highest BCUT2D eigenvalue weighted by molar-refractivity contribution is 5.95. The van der Waals surface area contributed by atoms with Crippen LogP contribution in [0.3, 0.4) is 0 Å². The molecule has 1 aromatic carbocycles. The molecular weight excluding hydrogens is 268 g/mol. The van der Waals surface area contributed by atoms with Crippen molar-refractivity contribution >= 4 is 5.91 Å². The molecule has 1 amide bonds. The van der Waals surface area contributed by atoms with Gasteiger partial charge < -0.3 is 15.1 Å². The van der Waals surface area contributed by atoms with E-state index in [4.69, 9.17) is 0 Å². The maximum Gasteiger partial charge on any atom is 0.254 e. The lowest BCUT2D eigenvalue weighted by atomic mass is 9.96. The van der Waals surface area contributed by atoms with Crippen LogP contribution in [0.5, 0.6) is 11.5 Å². The second-order valence-electron chi connectivity index (χ2n) is 6.19. The number of rotatable bonds is 1. The van der Waals surface area contributed by atoms with Crippen molar-refractivity contribution in [3.05, 3.63) is 23.8 Å². The van der Waals surface area contributed by atoms with Crippen LogP contribution in [-0.4, -0.2) is 57.6 Å². The molecule has 2 N–H and O–H groups in total. The molecule has 1 aromatic rings. The fraction of sp³-hybridized carbons (Fsp3) is 0.562. The van der Waals surface area contributed by atoms with Crippen molar-refractivity contribution in [3.63, 3.8) is 0 Å². The van der Waals surface area contributed by atoms with Gasteiger partial charge >= 0.3 is 0 Å². The van der Waals surface area contributed by atoms with Gasteiger partial charge in [-0.25, -0.2) is 0 Å². The Labute approximate surface area is 124 Å². The van der Waals surface area contributed by atoms with E-state index < -0.39 is 0 Å². The maximum atomic E-state index is 12.7. The van der Waals surface area contributed by atoms with E-state index in [-0.39, 0.29) is 23.4 Å². The molecule has 5 heteroatoms. The number of phenolic OH excluding ortho intramolecular Hbond substituents is 2. The molecule has 3 rings (SSSR count). The van der Waals surface area contributed by atoms with Gasteiger partial charge in [-0.05, 0) is 38.4 Å². The van der Waals surface area contributed by atoms with Gasteiger partial charge in [0.05, 0.1) is 0 Å². The van der Waals surface area contributed by atoms with E-state index in [9.17, 15) is 15.0 Å². The number of carbonyl (C=O) groups excluding carboxylic acids is 1. The Morgan fingerprint density at radius 2 is 1.86 bits per heavy atom. The molecule has 0 bridgehead atoms. The van der Waals surface area contributed by atoms with Crippen LogP contribution in [0.4, 0.5) is 0 Å². The van der Waals surface area contributed by atoms with Crippen molar-refractivity contribution in [2.45, 2.75) is 38.3 Å². The second kappa shape index (κ2) is 5.56. The summed E-state index contributed by atoms with van der Waals surface area (Å²) in [5.74, 6) is -0.275. The zero-order valence-corrected chi connectivity index (χ0v) is 12.3. The fourth-order valence-corrected chi connectivity index (χ4v) is 3.52. The molecule has 2 aliphatic rings. The summed E-state index contributed by atoms with van der Waals surface area (Å²) in [7, 11) is 0. The van der Waals surface area contributed by atoms with Gasteiger partial charge in [-0.3, -0.25) is 9.69 Å². The number of piperazine rings is 1. The van der Waals surface area contributed by atoms with Crippen molar-refractivity contribution < 1.29 is 15.0 Å². The molecule has 2 atom stereocenters. The van der Waals surface area contributed by atoms with Crippen LogP contribution in [0, 0.1) is 0 Å². The summed E-state index contributed by atoms with van der Waals surface area (Å²) >= 11 is 0. The van der Waals surface area contributed by atoms with Gasteiger partial charge in [0.25, 0.3) is 5.91 Å². The van der Waals surface area contributed by atoms with Gasteiger partial charge in [0.15, 0.2) is 0 Å². The minimum atomic E-state index is -0.112. The van der Waals surface area contributed by atoms with Crippen LogP contribution in [-0.2, 0) is 0 Å². The van der Waals surface area contributed by atoms with Crippen molar-refractivity contribution in [1.29, 1.82) is 0 Å². The van der Waals surface area contributed by atoms with E-state index in [1.807, 2.05) is 4.90 Å². The average molecular weight is 290 g/mol. The number of aromatic hydroxyl groups is 2. The Morgan fingerprint density at radius 3 is 2.57 bits per heavy atom. The Hall–Kier alpha value is -1.75. The number of phenols is 2. The first-order chi connectivity index (χ1) is 10.0. The lowest BCUT2D eigenvalue weighted by molar-refractivity contribution is 0.0151. The van der Waals surface area contributed by atoms with Crippen molar-refractivity contribution in [1.82, 2.24) is 9.80 Å². The Balaban J connectivity index is 1.80. The van der Waals surface area contributed by atoms with Gasteiger partial charge in [-0.15, -0.1) is 0 Å². The number of benzene rings is 1. The van der Waals surface area contributed by atoms with Gasteiger partial charge in [0, 0.05) is 36.8 Å². The van der Waals surface area contributed by atoms with Crippen molar-refractivity contribution in [3.8, 4) is 11.5 Å². The number of fused-ring (bicyclic) bond motifs is 1. The van der Waals surface area contributed by atoms with Crippen LogP contribution in [0.15, 0.2) is 18.2 Å². The Kier molecular flexibility index (Phi) is 3.76. The maximum absolute atomic E-state index is 12.7. The number of amides is 1. The highest BCUT2D eigenvalue weighted by Crippen LogP contribution is 2.27. The summed E-state index contributed by atoms with van der Waals surface area (Å²) < 4.78 is 0. The predicted molar refractivity (Wildman–Crippen MR) is 79.5 cm³/mol. The summed E-state index contributed by atoms with van der Waals surface area (Å²) in [6.45, 7) is 4.83. The highest BCUT2D eigenvalue weighted by atomic mass is 16.3. The molecule has 2 aliphatic heterocycles. The third-order valence-corrected chi connectivity index (χ3v) is 4.60. The third kappa shape index (κ3) is 2.83. The molecule has 5 nitrogen and oxygen atoms in total. The summed E-state index contributed by atoms with van der Waals surface area (Å²) in [5.41, 5.74) is 0.351. The number of piperidine rings is 1. The normalized spacial score (nSPS) is 26.4. The molecule has 0 aromatic heterocycles. The zero-order chi connectivity index (χ0) is 15.0. The number of hydrogen-bond donors (Lipinski definition) is 2. The lowest BCUT2D eigenvalue weighted by Crippen LogP contribution is -2.60. The van der Waals surface area contributed by atoms with Gasteiger partial charge in [0.1, 0.15) is 11.5 Å². The molecule has 2 heterocycles. The smallest absolute Gasteiger partial charge is 0.254 e. The van der Waals surface area contributed by atoms with E-state index >= 15 is 0 Å². The van der Waals surface area contributed by atoms with Gasteiger partial charge in [-0.1, -0.05) is 6.42 Å². The Morgan fingerprint density at radius 1 is 1.14 bits per heavy atom. The summed E-state index contributed by atoms with van der Waals surface area (Å²) in [4.78, 5) is 17.0. The summed E-state index contributed by atoms with van der Waals surface area (Å²) in [5, 5.41) is 19.1. The monoisotopic (exact) mass is 290 g/mol. The van der Waals surface area contributed by atoms with E-state index in [2.05, 4.69) is 11.8 Å². The summed E-state index contributed by atoms with van der Waals surface area (Å²) in [6.07, 6.45) is 3.61. The summed E-state index contributed by atoms with van der Waals surface area (Å²) in [6, 6.07) is 4.67. The predicted octanol–water partition coefficient (Wildman–Crippen LogP) is 1.80. The minimum Gasteiger partial charge on any atom is -0.508 e. The van der Waals surface area contributed by atoms with Crippen molar-refractivity contribution in [2.75, 3.05) is 19.6 Å². The van der Waals surface area contributed by atoms with Gasteiger partial charge in [0.2, 0.25) is 0 Å². The number of carbonyl (C=O) groups is 1. The van der Waals surface area contributed by atoms with E-state index in [0.717, 1.165) is 26.1 Å². The second-order valence-corrected chi connectivity index (χ2v) is 6.19. The number of hydrogen-bond acceptors (Lipinski definition) is 4. The molecular formula is C16H22N2O3. The molecule has 0 spiro atoms. The van der Waals surface area contributed by atoms with Crippen molar-refractivity contribution in [2.24, 2.45) is 0 Å². The first kappa shape index (κ1) is 14.2. The van der Waals surface area contributed by atoms with Crippen LogP contribution < -0.4 is 0 Å². The molecule has 2 unspecified atom stereocenters. The molecule has 0 aliphatic carbocycles. The van der Waals surface area contributed by atoms with E-state index in [1.54, 1.807) is 0 Å². The SMILES string of the molecule is CC1CN2CCCCC2CN1C(=O)c1cc(O)cc(O)c1. The number of nitrogens with zero attached hydrogens (tertiary/aromatic N) is 2. The molecule has 114 valence electrons. The van der Waals surface area contributed by atoms with Crippen LogP contribution in [0.2, 0.25) is 0 Å². The molecule has 0 saturated carbocycles. The van der Waals surface area contributed by atoms with Crippen LogP contribution >= 0.6 is 0 Å². The van der Waals surface area contributed by atoms with Crippen LogP contribution in [0.1, 0.15) is 36.5 Å². The standard InChI is InChI=1S/C16H22N2O3/c1-11-9-17-5-3-2-4-13(17)10-18(11)16(21)12-6-14(19)8-15(20)7-12/h6-8,11,13,19-20H,2-5,9-10H2,1H3. The molecule has 2 fully saturated rings. The highest BCUT2D eigenvalue weighted by Gasteiger charge is 2.35. The largest absolute Gasteiger partial charge is 0.508 e. The Bertz CT molecular complexity index is 526. The first-order valence-corrected chi connectivity index (χ1v) is 7.62. The average Bonchev–Trinajstić information content (AvgIpc) is 2.44. The van der Waals surface area contributed by atoms with Gasteiger partial charge in [-0.2, -0.15) is 0 Å². The van der Waals surface area contributed by atoms with Crippen LogP contribution in [0.25, 0.3) is 0 Å². The van der Waals surface area contributed by atoms with E-state index in [0.29, 0.717) is 11.6 Å². The molecule has 0 radical (unpaired) electrons. The molecule has 21 heavy (non-hydrogen) atoms. The quantitative estimate of drug-likeness (QED) is 0.828. The third-order valence-electron chi connectivity index (χ3n) is 4.60. The zero-order valence-electron chi connectivity index (χ0n) is 12.3. The fourth-order valence-electron chi connectivity index (χ4n) is 3.52. The van der Waals surface area contributed by atoms with E-state index in [1.165, 1.54) is 31.0 Å². The lowest BCUT2D eigenvalue weighted by Gasteiger charge is -2.47.